The molecule has 0 unspecified atom stereocenters. The summed E-state index contributed by atoms with van der Waals surface area (Å²) in [5, 5.41) is 21.8. The van der Waals surface area contributed by atoms with Crippen molar-refractivity contribution in [3.63, 3.8) is 0 Å². The van der Waals surface area contributed by atoms with Crippen molar-refractivity contribution in [2.75, 3.05) is 14.2 Å². The summed E-state index contributed by atoms with van der Waals surface area (Å²) < 4.78 is 10.7. The number of benzene rings is 2. The van der Waals surface area contributed by atoms with Gasteiger partial charge in [-0.15, -0.1) is 13.2 Å². The molecule has 0 radical (unpaired) electrons. The van der Waals surface area contributed by atoms with E-state index in [0.717, 1.165) is 33.8 Å². The first-order valence-corrected chi connectivity index (χ1v) is 15.9. The zero-order valence-corrected chi connectivity index (χ0v) is 28.7. The Balaban J connectivity index is 0.000000188. The van der Waals surface area contributed by atoms with Crippen LogP contribution in [0.15, 0.2) is 122 Å². The number of allylic oxidation sites excluding steroid dienone is 10. The summed E-state index contributed by atoms with van der Waals surface area (Å²) in [4.78, 5) is 25.3. The van der Waals surface area contributed by atoms with Crippen LogP contribution in [-0.2, 0) is 20.4 Å². The highest BCUT2D eigenvalue weighted by Gasteiger charge is 2.53. The van der Waals surface area contributed by atoms with Gasteiger partial charge in [0.2, 0.25) is 0 Å². The maximum absolute atomic E-state index is 12.7. The number of fused-ring (bicyclic) bond motifs is 6. The minimum absolute atomic E-state index is 0.0272. The first kappa shape index (κ1) is 34.2. The quantitative estimate of drug-likeness (QED) is 0.305. The van der Waals surface area contributed by atoms with Crippen molar-refractivity contribution in [1.29, 1.82) is 0 Å². The molecule has 4 aliphatic carbocycles. The van der Waals surface area contributed by atoms with Crippen molar-refractivity contribution >= 4 is 22.7 Å². The van der Waals surface area contributed by atoms with Gasteiger partial charge in [-0.2, -0.15) is 0 Å². The Morgan fingerprint density at radius 1 is 0.667 bits per heavy atom. The molecule has 6 heteroatoms. The van der Waals surface area contributed by atoms with Crippen molar-refractivity contribution in [2.24, 2.45) is 10.8 Å². The highest BCUT2D eigenvalue weighted by Crippen LogP contribution is 2.58. The van der Waals surface area contributed by atoms with Gasteiger partial charge in [-0.3, -0.25) is 9.59 Å². The predicted octanol–water partition coefficient (Wildman–Crippen LogP) is 9.03. The van der Waals surface area contributed by atoms with Gasteiger partial charge in [-0.05, 0) is 99.2 Å². The standard InChI is InChI=1S/2C21H22O3/c2*1-6-10-21(4)17(22)9-11-20(3)16-12-14(24-5)7-8-15(16)13(2)18(23)19(20)21/h2*6-9,11-12,23H,1-2,10H2,3-5H3/t2*20-,21-/m10/s1. The fourth-order valence-corrected chi connectivity index (χ4v) is 8.10. The van der Waals surface area contributed by atoms with Gasteiger partial charge in [0.05, 0.1) is 25.0 Å². The van der Waals surface area contributed by atoms with E-state index in [1.165, 1.54) is 0 Å². The fraction of sp³-hybridized carbons (Fsp3) is 0.286. The molecule has 2 aromatic carbocycles. The van der Waals surface area contributed by atoms with E-state index in [2.05, 4.69) is 26.3 Å². The van der Waals surface area contributed by atoms with Crippen LogP contribution in [0.4, 0.5) is 0 Å². The second-order valence-corrected chi connectivity index (χ2v) is 13.7. The number of rotatable bonds is 6. The van der Waals surface area contributed by atoms with Crippen molar-refractivity contribution in [1.82, 2.24) is 0 Å². The van der Waals surface area contributed by atoms with Crippen molar-refractivity contribution in [3.8, 4) is 11.5 Å². The second kappa shape index (κ2) is 11.9. The molecule has 0 heterocycles. The van der Waals surface area contributed by atoms with Gasteiger partial charge < -0.3 is 19.7 Å². The topological polar surface area (TPSA) is 93.1 Å². The van der Waals surface area contributed by atoms with E-state index < -0.39 is 21.7 Å². The molecule has 0 amide bonds. The van der Waals surface area contributed by atoms with Crippen LogP contribution in [0.25, 0.3) is 11.1 Å². The van der Waals surface area contributed by atoms with Gasteiger partial charge in [-0.1, -0.05) is 49.6 Å². The fourth-order valence-electron chi connectivity index (χ4n) is 8.10. The Hall–Kier alpha value is -5.10. The maximum atomic E-state index is 12.7. The van der Waals surface area contributed by atoms with Crippen LogP contribution in [0.1, 0.15) is 62.8 Å². The summed E-state index contributed by atoms with van der Waals surface area (Å²) in [6, 6.07) is 11.4. The summed E-state index contributed by atoms with van der Waals surface area (Å²) in [6.07, 6.45) is 11.3. The van der Waals surface area contributed by atoms with Gasteiger partial charge in [0.15, 0.2) is 11.6 Å². The summed E-state index contributed by atoms with van der Waals surface area (Å²) in [6.45, 7) is 23.5. The van der Waals surface area contributed by atoms with E-state index in [4.69, 9.17) is 9.47 Å². The number of aliphatic hydroxyl groups is 2. The molecule has 0 saturated heterocycles. The molecule has 0 saturated carbocycles. The Morgan fingerprint density at radius 3 is 1.33 bits per heavy atom. The molecule has 0 spiro atoms. The van der Waals surface area contributed by atoms with E-state index in [9.17, 15) is 19.8 Å². The molecule has 0 bridgehead atoms. The first-order chi connectivity index (χ1) is 22.6. The van der Waals surface area contributed by atoms with Crippen molar-refractivity contribution in [3.05, 3.63) is 144 Å². The van der Waals surface area contributed by atoms with Crippen LogP contribution in [0.2, 0.25) is 0 Å². The number of hydrogen-bond donors (Lipinski definition) is 2. The SMILES string of the molecule is C=CC[C@@]1(C)C(=O)C=C[C@]2(C)C1=C(O)C(=C)c1ccc(OC)cc12.C=CC[C@]1(C)C(=O)C=C[C@@]2(C)C1=C(O)C(=C)c1ccc(OC)cc12. The summed E-state index contributed by atoms with van der Waals surface area (Å²) in [5.74, 6) is 1.63. The predicted molar refractivity (Wildman–Crippen MR) is 192 cm³/mol. The van der Waals surface area contributed by atoms with Crippen LogP contribution in [0.5, 0.6) is 11.5 Å². The monoisotopic (exact) mass is 644 g/mol. The average molecular weight is 645 g/mol. The molecule has 6 nitrogen and oxygen atoms in total. The van der Waals surface area contributed by atoms with Crippen LogP contribution in [0.3, 0.4) is 0 Å². The van der Waals surface area contributed by atoms with Crippen LogP contribution in [-0.4, -0.2) is 36.0 Å². The summed E-state index contributed by atoms with van der Waals surface area (Å²) in [7, 11) is 3.25. The second-order valence-electron chi connectivity index (χ2n) is 13.7. The molecule has 4 atom stereocenters. The minimum atomic E-state index is -0.834. The zero-order chi connectivity index (χ0) is 35.4. The van der Waals surface area contributed by atoms with Gasteiger partial charge in [0, 0.05) is 33.1 Å². The van der Waals surface area contributed by atoms with Crippen LogP contribution < -0.4 is 9.47 Å². The van der Waals surface area contributed by atoms with Crippen LogP contribution >= 0.6 is 0 Å². The first-order valence-electron chi connectivity index (χ1n) is 15.9. The summed E-state index contributed by atoms with van der Waals surface area (Å²) in [5.41, 5.74) is 3.31. The van der Waals surface area contributed by atoms with E-state index in [1.54, 1.807) is 38.5 Å². The number of carbonyl (C=O) groups is 2. The molecule has 2 aromatic rings. The van der Waals surface area contributed by atoms with Gasteiger partial charge in [0.1, 0.15) is 23.0 Å². The lowest BCUT2D eigenvalue weighted by atomic mass is 9.55. The number of ketones is 2. The Labute approximate surface area is 283 Å². The number of carbonyl (C=O) groups excluding carboxylic acids is 2. The molecular formula is C42H44O6. The maximum Gasteiger partial charge on any atom is 0.165 e. The Bertz CT molecular complexity index is 1790. The molecule has 248 valence electrons. The number of ether oxygens (including phenoxy) is 2. The van der Waals surface area contributed by atoms with Gasteiger partial charge in [-0.25, -0.2) is 0 Å². The van der Waals surface area contributed by atoms with Crippen molar-refractivity contribution < 1.29 is 29.3 Å². The lowest BCUT2D eigenvalue weighted by Gasteiger charge is -2.47. The normalized spacial score (nSPS) is 28.5. The van der Waals surface area contributed by atoms with E-state index >= 15 is 0 Å². The molecule has 48 heavy (non-hydrogen) atoms. The molecular weight excluding hydrogens is 600 g/mol. The average Bonchev–Trinajstić information content (AvgIpc) is 3.06. The van der Waals surface area contributed by atoms with E-state index in [0.29, 0.717) is 35.1 Å². The van der Waals surface area contributed by atoms with E-state index in [-0.39, 0.29) is 23.1 Å². The largest absolute Gasteiger partial charge is 0.507 e. The molecule has 2 N–H and O–H groups in total. The van der Waals surface area contributed by atoms with Crippen LogP contribution in [0, 0.1) is 10.8 Å². The molecule has 0 aromatic heterocycles. The number of methoxy groups -OCH3 is 2. The Morgan fingerprint density at radius 2 is 1.02 bits per heavy atom. The highest BCUT2D eigenvalue weighted by atomic mass is 16.5. The number of aliphatic hydroxyl groups excluding tert-OH is 2. The molecule has 0 aliphatic heterocycles. The smallest absolute Gasteiger partial charge is 0.165 e. The lowest BCUT2D eigenvalue weighted by molar-refractivity contribution is -0.122. The molecule has 6 rings (SSSR count). The number of hydrogen-bond acceptors (Lipinski definition) is 6. The molecule has 4 aliphatic rings. The van der Waals surface area contributed by atoms with Gasteiger partial charge >= 0.3 is 0 Å². The zero-order valence-electron chi connectivity index (χ0n) is 28.7. The third-order valence-electron chi connectivity index (χ3n) is 10.7. The summed E-state index contributed by atoms with van der Waals surface area (Å²) >= 11 is 0. The minimum Gasteiger partial charge on any atom is -0.507 e. The third-order valence-corrected chi connectivity index (χ3v) is 10.7. The van der Waals surface area contributed by atoms with Gasteiger partial charge in [0.25, 0.3) is 0 Å². The van der Waals surface area contributed by atoms with Crippen molar-refractivity contribution in [2.45, 2.75) is 51.4 Å². The highest BCUT2D eigenvalue weighted by molar-refractivity contribution is 6.03. The molecule has 0 fully saturated rings. The third kappa shape index (κ3) is 4.76. The lowest BCUT2D eigenvalue weighted by Crippen LogP contribution is -2.44. The van der Waals surface area contributed by atoms with E-state index in [1.807, 2.05) is 76.2 Å². The Kier molecular flexibility index (Phi) is 8.45.